The van der Waals surface area contributed by atoms with Crippen molar-refractivity contribution in [2.24, 2.45) is 14.1 Å². The molecule has 0 aliphatic carbocycles. The van der Waals surface area contributed by atoms with Gasteiger partial charge in [-0.2, -0.15) is 0 Å². The molecule has 0 saturated carbocycles. The number of carbonyl (C=O) groups is 1. The van der Waals surface area contributed by atoms with Gasteiger partial charge >= 0.3 is 5.69 Å². The fourth-order valence-corrected chi connectivity index (χ4v) is 4.06. The molecular formula is C20H25N5O4S. The highest BCUT2D eigenvalue weighted by atomic mass is 32.2. The Bertz CT molecular complexity index is 1190. The van der Waals surface area contributed by atoms with Crippen LogP contribution in [0.1, 0.15) is 25.5 Å². The lowest BCUT2D eigenvalue weighted by atomic mass is 10.2. The van der Waals surface area contributed by atoms with Crippen LogP contribution in [0.2, 0.25) is 0 Å². The highest BCUT2D eigenvalue weighted by Crippen LogP contribution is 2.25. The van der Waals surface area contributed by atoms with Gasteiger partial charge in [0, 0.05) is 26.7 Å². The van der Waals surface area contributed by atoms with E-state index in [1.54, 1.807) is 18.7 Å². The predicted molar refractivity (Wildman–Crippen MR) is 116 cm³/mol. The molecule has 0 spiro atoms. The molecule has 0 atom stereocenters. The van der Waals surface area contributed by atoms with Gasteiger partial charge in [-0.05, 0) is 31.5 Å². The molecule has 10 heteroatoms. The summed E-state index contributed by atoms with van der Waals surface area (Å²) in [6.45, 7) is 4.26. The number of methoxy groups -OCH3 is 1. The number of fused-ring (bicyclic) bond motifs is 1. The molecule has 0 saturated heterocycles. The number of nitrogens with one attached hydrogen (secondary N) is 1. The third-order valence-electron chi connectivity index (χ3n) is 4.76. The van der Waals surface area contributed by atoms with Crippen molar-refractivity contribution < 1.29 is 9.53 Å². The van der Waals surface area contributed by atoms with Gasteiger partial charge in [-0.15, -0.1) is 0 Å². The summed E-state index contributed by atoms with van der Waals surface area (Å²) in [6, 6.07) is 7.39. The summed E-state index contributed by atoms with van der Waals surface area (Å²) in [6.07, 6.45) is 0. The van der Waals surface area contributed by atoms with Gasteiger partial charge in [0.15, 0.2) is 16.3 Å². The van der Waals surface area contributed by atoms with Crippen LogP contribution >= 0.6 is 11.8 Å². The van der Waals surface area contributed by atoms with Crippen molar-refractivity contribution in [3.05, 3.63) is 50.7 Å². The van der Waals surface area contributed by atoms with Crippen LogP contribution in [-0.2, 0) is 25.4 Å². The minimum atomic E-state index is -0.435. The van der Waals surface area contributed by atoms with Crippen molar-refractivity contribution in [2.45, 2.75) is 31.6 Å². The topological polar surface area (TPSA) is 100 Å². The Hall–Kier alpha value is -3.01. The molecule has 1 aromatic carbocycles. The summed E-state index contributed by atoms with van der Waals surface area (Å²) in [5.41, 5.74) is 0.801. The van der Waals surface area contributed by atoms with Crippen molar-refractivity contribution in [3.8, 4) is 5.75 Å². The van der Waals surface area contributed by atoms with Gasteiger partial charge in [0.2, 0.25) is 5.91 Å². The Labute approximate surface area is 177 Å². The van der Waals surface area contributed by atoms with Crippen LogP contribution in [0.3, 0.4) is 0 Å². The SMILES string of the molecule is COc1ccc(CNC(=O)CSc2nc3c(c(=O)n(C)c(=O)n3C)n2C(C)C)cc1. The summed E-state index contributed by atoms with van der Waals surface area (Å²) in [7, 11) is 4.63. The molecule has 0 fully saturated rings. The molecular weight excluding hydrogens is 406 g/mol. The first-order valence-electron chi connectivity index (χ1n) is 9.45. The van der Waals surface area contributed by atoms with Gasteiger partial charge in [0.05, 0.1) is 12.9 Å². The first-order valence-corrected chi connectivity index (χ1v) is 10.4. The molecule has 0 aliphatic rings. The van der Waals surface area contributed by atoms with Crippen molar-refractivity contribution in [2.75, 3.05) is 12.9 Å². The van der Waals surface area contributed by atoms with E-state index in [1.807, 2.05) is 38.1 Å². The highest BCUT2D eigenvalue weighted by molar-refractivity contribution is 7.99. The van der Waals surface area contributed by atoms with E-state index in [4.69, 9.17) is 4.74 Å². The van der Waals surface area contributed by atoms with Gasteiger partial charge in [0.25, 0.3) is 5.56 Å². The number of benzene rings is 1. The van der Waals surface area contributed by atoms with Gasteiger partial charge < -0.3 is 14.6 Å². The van der Waals surface area contributed by atoms with Crippen molar-refractivity contribution in [1.82, 2.24) is 24.0 Å². The monoisotopic (exact) mass is 431 g/mol. The second-order valence-corrected chi connectivity index (χ2v) is 8.09. The third-order valence-corrected chi connectivity index (χ3v) is 5.71. The summed E-state index contributed by atoms with van der Waals surface area (Å²) < 4.78 is 9.32. The lowest BCUT2D eigenvalue weighted by Gasteiger charge is -2.12. The predicted octanol–water partition coefficient (Wildman–Crippen LogP) is 1.43. The third kappa shape index (κ3) is 4.13. The zero-order valence-corrected chi connectivity index (χ0v) is 18.4. The van der Waals surface area contributed by atoms with Crippen molar-refractivity contribution >= 4 is 28.8 Å². The Balaban J connectivity index is 1.78. The van der Waals surface area contributed by atoms with E-state index in [-0.39, 0.29) is 17.7 Å². The summed E-state index contributed by atoms with van der Waals surface area (Å²) >= 11 is 1.24. The fourth-order valence-electron chi connectivity index (χ4n) is 3.10. The molecule has 1 amide bonds. The van der Waals surface area contributed by atoms with Crippen LogP contribution in [0, 0.1) is 0 Å². The Kier molecular flexibility index (Phi) is 6.35. The van der Waals surface area contributed by atoms with Crippen LogP contribution in [0.25, 0.3) is 11.2 Å². The number of ether oxygens (including phenoxy) is 1. The number of amides is 1. The number of hydrogen-bond acceptors (Lipinski definition) is 6. The number of carbonyl (C=O) groups excluding carboxylic acids is 1. The van der Waals surface area contributed by atoms with E-state index >= 15 is 0 Å². The molecule has 9 nitrogen and oxygen atoms in total. The van der Waals surface area contributed by atoms with Crippen LogP contribution in [0.4, 0.5) is 0 Å². The van der Waals surface area contributed by atoms with E-state index in [0.29, 0.717) is 22.9 Å². The average molecular weight is 432 g/mol. The van der Waals surface area contributed by atoms with Gasteiger partial charge in [-0.1, -0.05) is 23.9 Å². The zero-order chi connectivity index (χ0) is 22.0. The summed E-state index contributed by atoms with van der Waals surface area (Å²) in [5.74, 6) is 0.745. The molecule has 3 aromatic rings. The number of hydrogen-bond donors (Lipinski definition) is 1. The number of aryl methyl sites for hydroxylation is 1. The Morgan fingerprint density at radius 2 is 1.83 bits per heavy atom. The van der Waals surface area contributed by atoms with E-state index in [1.165, 1.54) is 23.4 Å². The standard InChI is InChI=1S/C20H25N5O4S/c1-12(2)25-16-17(23(3)20(28)24(4)18(16)27)22-19(25)30-11-15(26)21-10-13-6-8-14(29-5)9-7-13/h6-9,12H,10-11H2,1-5H3,(H,21,26). The molecule has 2 aromatic heterocycles. The normalized spacial score (nSPS) is 11.3. The molecule has 2 heterocycles. The number of thioether (sulfide) groups is 1. The minimum Gasteiger partial charge on any atom is -0.497 e. The van der Waals surface area contributed by atoms with Crippen LogP contribution in [0.15, 0.2) is 39.0 Å². The van der Waals surface area contributed by atoms with Gasteiger partial charge in [-0.3, -0.25) is 18.7 Å². The van der Waals surface area contributed by atoms with Crippen molar-refractivity contribution in [1.29, 1.82) is 0 Å². The van der Waals surface area contributed by atoms with Crippen molar-refractivity contribution in [3.63, 3.8) is 0 Å². The Morgan fingerprint density at radius 3 is 2.43 bits per heavy atom. The largest absolute Gasteiger partial charge is 0.497 e. The van der Waals surface area contributed by atoms with Gasteiger partial charge in [0.1, 0.15) is 5.75 Å². The van der Waals surface area contributed by atoms with E-state index in [0.717, 1.165) is 15.9 Å². The highest BCUT2D eigenvalue weighted by Gasteiger charge is 2.21. The molecule has 0 unspecified atom stereocenters. The Morgan fingerprint density at radius 1 is 1.17 bits per heavy atom. The van der Waals surface area contributed by atoms with E-state index in [2.05, 4.69) is 10.3 Å². The van der Waals surface area contributed by atoms with Crippen LogP contribution < -0.4 is 21.3 Å². The molecule has 160 valence electrons. The molecule has 0 bridgehead atoms. The zero-order valence-electron chi connectivity index (χ0n) is 17.6. The first kappa shape index (κ1) is 21.7. The minimum absolute atomic E-state index is 0.0648. The molecule has 0 aliphatic heterocycles. The smallest absolute Gasteiger partial charge is 0.332 e. The maximum Gasteiger partial charge on any atom is 0.332 e. The quantitative estimate of drug-likeness (QED) is 0.568. The number of imidazole rings is 1. The second kappa shape index (κ2) is 8.78. The lowest BCUT2D eigenvalue weighted by Crippen LogP contribution is -2.37. The average Bonchev–Trinajstić information content (AvgIpc) is 3.13. The fraction of sp³-hybridized carbons (Fsp3) is 0.400. The number of rotatable bonds is 7. The summed E-state index contributed by atoms with van der Waals surface area (Å²) in [5, 5.41) is 3.40. The van der Waals surface area contributed by atoms with Crippen LogP contribution in [0.5, 0.6) is 5.75 Å². The summed E-state index contributed by atoms with van der Waals surface area (Å²) in [4.78, 5) is 41.7. The van der Waals surface area contributed by atoms with Gasteiger partial charge in [-0.25, -0.2) is 9.78 Å². The molecule has 1 N–H and O–H groups in total. The van der Waals surface area contributed by atoms with Crippen LogP contribution in [-0.4, -0.2) is 37.5 Å². The maximum absolute atomic E-state index is 12.7. The first-order chi connectivity index (χ1) is 14.2. The molecule has 0 radical (unpaired) electrons. The van der Waals surface area contributed by atoms with E-state index in [9.17, 15) is 14.4 Å². The maximum atomic E-state index is 12.7. The van der Waals surface area contributed by atoms with E-state index < -0.39 is 11.2 Å². The lowest BCUT2D eigenvalue weighted by molar-refractivity contribution is -0.118. The molecule has 3 rings (SSSR count). The number of aromatic nitrogens is 4. The number of nitrogens with zero attached hydrogens (tertiary/aromatic N) is 4. The second-order valence-electron chi connectivity index (χ2n) is 7.15. The molecule has 30 heavy (non-hydrogen) atoms.